The van der Waals surface area contributed by atoms with E-state index in [1.54, 1.807) is 4.68 Å². The quantitative estimate of drug-likeness (QED) is 0.821. The van der Waals surface area contributed by atoms with Crippen molar-refractivity contribution in [3.8, 4) is 0 Å². The number of carboxylic acid groups (broad SMARTS) is 1. The molecule has 0 spiro atoms. The minimum Gasteiger partial charge on any atom is -0.478 e. The molecule has 1 atom stereocenters. The molecule has 1 aromatic heterocycles. The molecule has 2 fully saturated rings. The highest BCUT2D eigenvalue weighted by atomic mass is 16.4. The van der Waals surface area contributed by atoms with Crippen LogP contribution in [0.1, 0.15) is 41.7 Å². The van der Waals surface area contributed by atoms with Gasteiger partial charge in [-0.25, -0.2) is 4.79 Å². The molecule has 1 saturated carbocycles. The van der Waals surface area contributed by atoms with Crippen molar-refractivity contribution in [1.82, 2.24) is 20.0 Å². The first kappa shape index (κ1) is 14.5. The zero-order valence-electron chi connectivity index (χ0n) is 12.6. The van der Waals surface area contributed by atoms with Crippen molar-refractivity contribution >= 4 is 5.97 Å². The van der Waals surface area contributed by atoms with E-state index in [1.165, 1.54) is 31.9 Å². The van der Waals surface area contributed by atoms with Gasteiger partial charge in [-0.2, -0.15) is 5.10 Å². The molecule has 21 heavy (non-hydrogen) atoms. The summed E-state index contributed by atoms with van der Waals surface area (Å²) < 4.78 is 1.71. The van der Waals surface area contributed by atoms with Crippen LogP contribution in [0, 0.1) is 5.92 Å². The predicted molar refractivity (Wildman–Crippen MR) is 79.2 cm³/mol. The van der Waals surface area contributed by atoms with Crippen LogP contribution in [0.2, 0.25) is 0 Å². The Morgan fingerprint density at radius 3 is 2.95 bits per heavy atom. The first-order chi connectivity index (χ1) is 10.1. The summed E-state index contributed by atoms with van der Waals surface area (Å²) in [5, 5.41) is 16.9. The number of nitrogens with one attached hydrogen (secondary N) is 1. The normalized spacial score (nSPS) is 22.7. The highest BCUT2D eigenvalue weighted by molar-refractivity contribution is 5.88. The number of nitrogens with zero attached hydrogens (tertiary/aromatic N) is 3. The van der Waals surface area contributed by atoms with Gasteiger partial charge in [0.1, 0.15) is 5.56 Å². The summed E-state index contributed by atoms with van der Waals surface area (Å²) in [5.74, 6) is -0.200. The second-order valence-corrected chi connectivity index (χ2v) is 6.31. The second-order valence-electron chi connectivity index (χ2n) is 6.31. The van der Waals surface area contributed by atoms with Crippen LogP contribution in [0.25, 0.3) is 0 Å². The van der Waals surface area contributed by atoms with E-state index in [1.807, 2.05) is 7.05 Å². The fourth-order valence-corrected chi connectivity index (χ4v) is 3.22. The van der Waals surface area contributed by atoms with E-state index in [4.69, 9.17) is 0 Å². The zero-order chi connectivity index (χ0) is 14.8. The van der Waals surface area contributed by atoms with E-state index in [-0.39, 0.29) is 0 Å². The average Bonchev–Trinajstić information content (AvgIpc) is 3.25. The van der Waals surface area contributed by atoms with Gasteiger partial charge in [-0.1, -0.05) is 0 Å². The van der Waals surface area contributed by atoms with Gasteiger partial charge in [0.05, 0.1) is 11.9 Å². The summed E-state index contributed by atoms with van der Waals surface area (Å²) in [6, 6.07) is 0.628. The van der Waals surface area contributed by atoms with Crippen LogP contribution in [0.3, 0.4) is 0 Å². The lowest BCUT2D eigenvalue weighted by Gasteiger charge is -2.30. The van der Waals surface area contributed by atoms with Crippen molar-refractivity contribution in [1.29, 1.82) is 0 Å². The molecule has 1 aliphatic heterocycles. The first-order valence-corrected chi connectivity index (χ1v) is 7.84. The monoisotopic (exact) mass is 292 g/mol. The fourth-order valence-electron chi connectivity index (χ4n) is 3.22. The maximum absolute atomic E-state index is 11.3. The standard InChI is InChI=1S/C15H24N4O2/c1-18-14(13(8-17-18)15(20)21)10-19(12-4-5-12)9-11-3-2-6-16-7-11/h8,11-12,16H,2-7,9-10H2,1H3,(H,20,21). The van der Waals surface area contributed by atoms with Gasteiger partial charge in [-0.15, -0.1) is 0 Å². The van der Waals surface area contributed by atoms with Crippen LogP contribution >= 0.6 is 0 Å². The molecule has 1 aliphatic carbocycles. The molecule has 0 bridgehead atoms. The number of carboxylic acids is 1. The van der Waals surface area contributed by atoms with E-state index >= 15 is 0 Å². The lowest BCUT2D eigenvalue weighted by molar-refractivity contribution is 0.0693. The van der Waals surface area contributed by atoms with Crippen LogP contribution in [-0.4, -0.2) is 51.4 Å². The Bertz CT molecular complexity index is 504. The largest absolute Gasteiger partial charge is 0.478 e. The highest BCUT2D eigenvalue weighted by Gasteiger charge is 2.32. The van der Waals surface area contributed by atoms with E-state index < -0.39 is 5.97 Å². The lowest BCUT2D eigenvalue weighted by Crippen LogP contribution is -2.39. The number of aryl methyl sites for hydroxylation is 1. The van der Waals surface area contributed by atoms with Crippen LogP contribution in [0.15, 0.2) is 6.20 Å². The number of rotatable bonds is 6. The summed E-state index contributed by atoms with van der Waals surface area (Å²) in [5.41, 5.74) is 1.16. The Morgan fingerprint density at radius 2 is 2.33 bits per heavy atom. The smallest absolute Gasteiger partial charge is 0.339 e. The predicted octanol–water partition coefficient (Wildman–Crippen LogP) is 1.08. The Balaban J connectivity index is 1.70. The number of carbonyl (C=O) groups is 1. The van der Waals surface area contributed by atoms with Crippen molar-refractivity contribution in [2.24, 2.45) is 13.0 Å². The molecule has 1 aromatic rings. The molecule has 1 saturated heterocycles. The van der Waals surface area contributed by atoms with E-state index in [2.05, 4.69) is 15.3 Å². The van der Waals surface area contributed by atoms with Gasteiger partial charge in [0.15, 0.2) is 0 Å². The van der Waals surface area contributed by atoms with Gasteiger partial charge < -0.3 is 10.4 Å². The van der Waals surface area contributed by atoms with Crippen molar-refractivity contribution in [3.05, 3.63) is 17.5 Å². The van der Waals surface area contributed by atoms with Crippen molar-refractivity contribution in [2.45, 2.75) is 38.3 Å². The SMILES string of the molecule is Cn1ncc(C(=O)O)c1CN(CC1CCCNC1)C1CC1. The van der Waals surface area contributed by atoms with E-state index in [0.717, 1.165) is 25.3 Å². The zero-order valence-corrected chi connectivity index (χ0v) is 12.6. The first-order valence-electron chi connectivity index (χ1n) is 7.84. The molecule has 1 unspecified atom stereocenters. The van der Waals surface area contributed by atoms with Gasteiger partial charge in [-0.3, -0.25) is 9.58 Å². The molecule has 0 aromatic carbocycles. The van der Waals surface area contributed by atoms with Crippen LogP contribution in [0.5, 0.6) is 0 Å². The molecule has 3 rings (SSSR count). The molecular weight excluding hydrogens is 268 g/mol. The number of piperidine rings is 1. The van der Waals surface area contributed by atoms with Crippen LogP contribution < -0.4 is 5.32 Å². The van der Waals surface area contributed by atoms with Gasteiger partial charge in [0, 0.05) is 26.2 Å². The van der Waals surface area contributed by atoms with E-state index in [0.29, 0.717) is 24.1 Å². The molecule has 2 aliphatic rings. The third-order valence-electron chi connectivity index (χ3n) is 4.60. The maximum atomic E-state index is 11.3. The van der Waals surface area contributed by atoms with Gasteiger partial charge in [0.2, 0.25) is 0 Å². The van der Waals surface area contributed by atoms with Crippen LogP contribution in [-0.2, 0) is 13.6 Å². The number of hydrogen-bond acceptors (Lipinski definition) is 4. The third-order valence-corrected chi connectivity index (χ3v) is 4.60. The molecule has 116 valence electrons. The highest BCUT2D eigenvalue weighted by Crippen LogP contribution is 2.30. The van der Waals surface area contributed by atoms with Crippen molar-refractivity contribution in [3.63, 3.8) is 0 Å². The minimum absolute atomic E-state index is 0.338. The lowest BCUT2D eigenvalue weighted by atomic mass is 9.99. The summed E-state index contributed by atoms with van der Waals surface area (Å²) in [4.78, 5) is 13.8. The van der Waals surface area contributed by atoms with Crippen molar-refractivity contribution < 1.29 is 9.90 Å². The Morgan fingerprint density at radius 1 is 1.52 bits per heavy atom. The topological polar surface area (TPSA) is 70.4 Å². The van der Waals surface area contributed by atoms with E-state index in [9.17, 15) is 9.90 Å². The second kappa shape index (κ2) is 6.15. The minimum atomic E-state index is -0.881. The van der Waals surface area contributed by atoms with Gasteiger partial charge in [-0.05, 0) is 44.7 Å². The Labute approximate surface area is 125 Å². The molecule has 6 nitrogen and oxygen atoms in total. The molecule has 2 N–H and O–H groups in total. The molecule has 2 heterocycles. The summed E-state index contributed by atoms with van der Waals surface area (Å²) in [7, 11) is 1.83. The summed E-state index contributed by atoms with van der Waals surface area (Å²) in [6.45, 7) is 3.96. The van der Waals surface area contributed by atoms with Gasteiger partial charge >= 0.3 is 5.97 Å². The molecule has 0 amide bonds. The van der Waals surface area contributed by atoms with Gasteiger partial charge in [0.25, 0.3) is 0 Å². The average molecular weight is 292 g/mol. The maximum Gasteiger partial charge on any atom is 0.339 e. The molecule has 6 heteroatoms. The summed E-state index contributed by atoms with van der Waals surface area (Å²) in [6.07, 6.45) is 6.45. The molecule has 0 radical (unpaired) electrons. The van der Waals surface area contributed by atoms with Crippen molar-refractivity contribution in [2.75, 3.05) is 19.6 Å². The number of hydrogen-bond donors (Lipinski definition) is 2. The fraction of sp³-hybridized carbons (Fsp3) is 0.733. The Kier molecular flexibility index (Phi) is 4.26. The summed E-state index contributed by atoms with van der Waals surface area (Å²) >= 11 is 0. The molecular formula is C15H24N4O2. The van der Waals surface area contributed by atoms with Crippen LogP contribution in [0.4, 0.5) is 0 Å². The Hall–Kier alpha value is -1.40. The number of aromatic carboxylic acids is 1. The number of aromatic nitrogens is 2. The third kappa shape index (κ3) is 3.44.